The minimum absolute atomic E-state index is 0.0920. The number of ether oxygens (including phenoxy) is 2. The Labute approximate surface area is 121 Å². The molecule has 0 spiro atoms. The zero-order valence-corrected chi connectivity index (χ0v) is 11.9. The van der Waals surface area contributed by atoms with E-state index in [-0.39, 0.29) is 17.4 Å². The molecule has 0 aromatic heterocycles. The Bertz CT molecular complexity index is 738. The lowest BCUT2D eigenvalue weighted by Gasteiger charge is -2.06. The zero-order chi connectivity index (χ0) is 14.2. The van der Waals surface area contributed by atoms with Crippen molar-refractivity contribution in [3.63, 3.8) is 0 Å². The third-order valence-corrected chi connectivity index (χ3v) is 4.92. The Balaban J connectivity index is 1.88. The van der Waals surface area contributed by atoms with Gasteiger partial charge in [-0.2, -0.15) is 0 Å². The van der Waals surface area contributed by atoms with Crippen molar-refractivity contribution in [2.75, 3.05) is 6.79 Å². The van der Waals surface area contributed by atoms with Crippen LogP contribution in [0.15, 0.2) is 47.4 Å². The Hall–Kier alpha value is -1.72. The average Bonchev–Trinajstić information content (AvgIpc) is 2.86. The first-order valence-corrected chi connectivity index (χ1v) is 7.94. The number of sulfone groups is 1. The van der Waals surface area contributed by atoms with E-state index in [9.17, 15) is 8.42 Å². The molecule has 20 heavy (non-hydrogen) atoms. The van der Waals surface area contributed by atoms with Gasteiger partial charge in [-0.15, -0.1) is 0 Å². The van der Waals surface area contributed by atoms with Crippen molar-refractivity contribution in [1.82, 2.24) is 0 Å². The summed E-state index contributed by atoms with van der Waals surface area (Å²) in [7, 11) is -3.40. The van der Waals surface area contributed by atoms with Crippen LogP contribution in [-0.4, -0.2) is 15.2 Å². The van der Waals surface area contributed by atoms with Crippen molar-refractivity contribution in [3.05, 3.63) is 53.1 Å². The summed E-state index contributed by atoms with van der Waals surface area (Å²) in [5.41, 5.74) is 0.657. The summed E-state index contributed by atoms with van der Waals surface area (Å²) < 4.78 is 35.0. The summed E-state index contributed by atoms with van der Waals surface area (Å²) in [6.45, 7) is 0.169. The molecule has 0 saturated carbocycles. The molecular weight excluding hydrogens is 300 g/mol. The van der Waals surface area contributed by atoms with Crippen molar-refractivity contribution in [3.8, 4) is 11.5 Å². The molecule has 0 N–H and O–H groups in total. The topological polar surface area (TPSA) is 52.6 Å². The second-order valence-corrected chi connectivity index (χ2v) is 6.83. The Morgan fingerprint density at radius 2 is 1.70 bits per heavy atom. The molecule has 0 saturated heterocycles. The average molecular weight is 311 g/mol. The van der Waals surface area contributed by atoms with Gasteiger partial charge in [0, 0.05) is 5.02 Å². The normalized spacial score (nSPS) is 13.4. The van der Waals surface area contributed by atoms with Gasteiger partial charge in [-0.05, 0) is 42.0 Å². The summed E-state index contributed by atoms with van der Waals surface area (Å²) in [4.78, 5) is 0.250. The van der Waals surface area contributed by atoms with E-state index in [4.69, 9.17) is 21.1 Å². The molecule has 2 aromatic rings. The molecule has 0 bridgehead atoms. The Morgan fingerprint density at radius 3 is 2.45 bits per heavy atom. The van der Waals surface area contributed by atoms with E-state index < -0.39 is 9.84 Å². The largest absolute Gasteiger partial charge is 0.454 e. The number of rotatable bonds is 3. The second kappa shape index (κ2) is 5.00. The van der Waals surface area contributed by atoms with Crippen LogP contribution in [0.25, 0.3) is 0 Å². The lowest BCUT2D eigenvalue weighted by molar-refractivity contribution is 0.174. The summed E-state index contributed by atoms with van der Waals surface area (Å²) in [5.74, 6) is 1.12. The molecule has 1 aliphatic heterocycles. The Kier molecular flexibility index (Phi) is 3.31. The van der Waals surface area contributed by atoms with Crippen LogP contribution in [0.3, 0.4) is 0 Å². The van der Waals surface area contributed by atoms with Gasteiger partial charge >= 0.3 is 0 Å². The quantitative estimate of drug-likeness (QED) is 0.874. The molecule has 1 heterocycles. The van der Waals surface area contributed by atoms with E-state index in [2.05, 4.69) is 0 Å². The Morgan fingerprint density at radius 1 is 1.00 bits per heavy atom. The summed E-state index contributed by atoms with van der Waals surface area (Å²) >= 11 is 5.76. The molecule has 4 nitrogen and oxygen atoms in total. The number of benzene rings is 2. The van der Waals surface area contributed by atoms with Crippen LogP contribution in [0.4, 0.5) is 0 Å². The predicted octanol–water partition coefficient (Wildman–Crippen LogP) is 3.04. The third-order valence-electron chi connectivity index (χ3n) is 2.97. The lowest BCUT2D eigenvalue weighted by Crippen LogP contribution is -2.04. The molecule has 0 radical (unpaired) electrons. The van der Waals surface area contributed by atoms with Gasteiger partial charge in [-0.3, -0.25) is 0 Å². The minimum Gasteiger partial charge on any atom is -0.454 e. The van der Waals surface area contributed by atoms with Crippen LogP contribution in [-0.2, 0) is 15.6 Å². The van der Waals surface area contributed by atoms with Crippen LogP contribution < -0.4 is 9.47 Å². The molecule has 2 aromatic carbocycles. The molecule has 0 aliphatic carbocycles. The van der Waals surface area contributed by atoms with E-state index in [1.165, 1.54) is 12.1 Å². The van der Waals surface area contributed by atoms with Crippen LogP contribution in [0.1, 0.15) is 5.56 Å². The highest BCUT2D eigenvalue weighted by molar-refractivity contribution is 7.90. The number of hydrogen-bond donors (Lipinski definition) is 0. The maximum absolute atomic E-state index is 12.3. The fourth-order valence-electron chi connectivity index (χ4n) is 1.98. The van der Waals surface area contributed by atoms with Crippen LogP contribution in [0.2, 0.25) is 5.02 Å². The maximum Gasteiger partial charge on any atom is 0.231 e. The monoisotopic (exact) mass is 310 g/mol. The number of halogens is 1. The molecule has 0 atom stereocenters. The van der Waals surface area contributed by atoms with Gasteiger partial charge in [0.15, 0.2) is 21.3 Å². The maximum atomic E-state index is 12.3. The molecule has 0 unspecified atom stereocenters. The first-order chi connectivity index (χ1) is 9.54. The van der Waals surface area contributed by atoms with E-state index >= 15 is 0 Å². The van der Waals surface area contributed by atoms with Crippen LogP contribution in [0.5, 0.6) is 11.5 Å². The van der Waals surface area contributed by atoms with Gasteiger partial charge in [0.05, 0.1) is 10.6 Å². The molecule has 104 valence electrons. The molecule has 3 rings (SSSR count). The molecule has 0 fully saturated rings. The van der Waals surface area contributed by atoms with E-state index in [1.54, 1.807) is 30.3 Å². The van der Waals surface area contributed by atoms with E-state index in [1.807, 2.05) is 0 Å². The standard InChI is InChI=1S/C14H11ClO4S/c15-11-2-4-12(5-3-11)20(16,17)8-10-1-6-13-14(7-10)19-9-18-13/h1-7H,8-9H2. The molecule has 0 amide bonds. The lowest BCUT2D eigenvalue weighted by atomic mass is 10.2. The van der Waals surface area contributed by atoms with Gasteiger partial charge < -0.3 is 9.47 Å². The van der Waals surface area contributed by atoms with Gasteiger partial charge in [0.2, 0.25) is 6.79 Å². The molecule has 6 heteroatoms. The van der Waals surface area contributed by atoms with Crippen molar-refractivity contribution in [1.29, 1.82) is 0 Å². The fraction of sp³-hybridized carbons (Fsp3) is 0.143. The van der Waals surface area contributed by atoms with Crippen molar-refractivity contribution < 1.29 is 17.9 Å². The van der Waals surface area contributed by atoms with Crippen molar-refractivity contribution >= 4 is 21.4 Å². The first-order valence-electron chi connectivity index (χ1n) is 5.91. The molecular formula is C14H11ClO4S. The zero-order valence-electron chi connectivity index (χ0n) is 10.4. The predicted molar refractivity (Wildman–Crippen MR) is 74.9 cm³/mol. The summed E-state index contributed by atoms with van der Waals surface area (Å²) in [5, 5.41) is 0.507. The first kappa shape index (κ1) is 13.3. The van der Waals surface area contributed by atoms with E-state index in [0.29, 0.717) is 22.1 Å². The summed E-state index contributed by atoms with van der Waals surface area (Å²) in [6.07, 6.45) is 0. The van der Waals surface area contributed by atoms with Gasteiger partial charge in [-0.1, -0.05) is 17.7 Å². The van der Waals surface area contributed by atoms with Gasteiger partial charge in [0.25, 0.3) is 0 Å². The fourth-order valence-corrected chi connectivity index (χ4v) is 3.44. The van der Waals surface area contributed by atoms with Crippen LogP contribution in [0, 0.1) is 0 Å². The summed E-state index contributed by atoms with van der Waals surface area (Å²) in [6, 6.07) is 11.3. The smallest absolute Gasteiger partial charge is 0.231 e. The SMILES string of the molecule is O=S(=O)(Cc1ccc2c(c1)OCO2)c1ccc(Cl)cc1. The third kappa shape index (κ3) is 2.59. The number of fused-ring (bicyclic) bond motifs is 1. The highest BCUT2D eigenvalue weighted by Crippen LogP contribution is 2.33. The number of hydrogen-bond acceptors (Lipinski definition) is 4. The van der Waals surface area contributed by atoms with E-state index in [0.717, 1.165) is 0 Å². The highest BCUT2D eigenvalue weighted by atomic mass is 35.5. The van der Waals surface area contributed by atoms with Crippen molar-refractivity contribution in [2.45, 2.75) is 10.6 Å². The van der Waals surface area contributed by atoms with Crippen LogP contribution >= 0.6 is 11.6 Å². The second-order valence-electron chi connectivity index (χ2n) is 4.40. The van der Waals surface area contributed by atoms with Crippen molar-refractivity contribution in [2.24, 2.45) is 0 Å². The van der Waals surface area contributed by atoms with Gasteiger partial charge in [-0.25, -0.2) is 8.42 Å². The highest BCUT2D eigenvalue weighted by Gasteiger charge is 2.18. The molecule has 1 aliphatic rings. The van der Waals surface area contributed by atoms with Gasteiger partial charge in [0.1, 0.15) is 0 Å². The minimum atomic E-state index is -3.40.